The van der Waals surface area contributed by atoms with Gasteiger partial charge in [-0.15, -0.1) is 23.5 Å². The van der Waals surface area contributed by atoms with Crippen LogP contribution in [0.15, 0.2) is 36.7 Å². The van der Waals surface area contributed by atoms with E-state index < -0.39 is 0 Å². The van der Waals surface area contributed by atoms with Crippen LogP contribution in [-0.4, -0.2) is 40.3 Å². The Hall–Kier alpha value is -1.60. The Labute approximate surface area is 163 Å². The fraction of sp³-hybridized carbons (Fsp3) is 0.474. The van der Waals surface area contributed by atoms with E-state index in [9.17, 15) is 4.79 Å². The summed E-state index contributed by atoms with van der Waals surface area (Å²) >= 11 is 4.01. The SMILES string of the molecule is Cc1cnn(CCCNC(=O)COc2ccc(C3SCCCS3)cc2)c1. The van der Waals surface area contributed by atoms with Gasteiger partial charge in [0.15, 0.2) is 6.61 Å². The van der Waals surface area contributed by atoms with E-state index in [4.69, 9.17) is 4.74 Å². The Morgan fingerprint density at radius 3 is 2.77 bits per heavy atom. The molecule has 26 heavy (non-hydrogen) atoms. The first-order valence-corrected chi connectivity index (χ1v) is 11.0. The predicted molar refractivity (Wildman–Crippen MR) is 109 cm³/mol. The fourth-order valence-electron chi connectivity index (χ4n) is 2.66. The molecule has 7 heteroatoms. The molecule has 140 valence electrons. The van der Waals surface area contributed by atoms with Gasteiger partial charge in [0, 0.05) is 19.3 Å². The van der Waals surface area contributed by atoms with Gasteiger partial charge >= 0.3 is 0 Å². The van der Waals surface area contributed by atoms with Crippen LogP contribution < -0.4 is 10.1 Å². The van der Waals surface area contributed by atoms with Crippen LogP contribution in [0.25, 0.3) is 0 Å². The van der Waals surface area contributed by atoms with Gasteiger partial charge in [-0.3, -0.25) is 9.48 Å². The summed E-state index contributed by atoms with van der Waals surface area (Å²) < 4.78 is 8.00. The van der Waals surface area contributed by atoms with Gasteiger partial charge in [-0.25, -0.2) is 0 Å². The van der Waals surface area contributed by atoms with Crippen LogP contribution in [0, 0.1) is 6.92 Å². The van der Waals surface area contributed by atoms with Gasteiger partial charge < -0.3 is 10.1 Å². The van der Waals surface area contributed by atoms with Gasteiger partial charge in [-0.05, 0) is 54.5 Å². The maximum Gasteiger partial charge on any atom is 0.257 e. The Balaban J connectivity index is 1.33. The number of aryl methyl sites for hydroxylation is 2. The summed E-state index contributed by atoms with van der Waals surface area (Å²) in [5, 5.41) is 7.11. The molecule has 3 rings (SSSR count). The molecular formula is C19H25N3O2S2. The lowest BCUT2D eigenvalue weighted by molar-refractivity contribution is -0.123. The lowest BCUT2D eigenvalue weighted by Crippen LogP contribution is -2.30. The molecule has 1 amide bonds. The highest BCUT2D eigenvalue weighted by Gasteiger charge is 2.16. The summed E-state index contributed by atoms with van der Waals surface area (Å²) in [6, 6.07) is 8.13. The molecule has 2 aromatic rings. The molecule has 0 atom stereocenters. The summed E-state index contributed by atoms with van der Waals surface area (Å²) in [5.41, 5.74) is 2.47. The molecule has 0 spiro atoms. The zero-order chi connectivity index (χ0) is 18.2. The van der Waals surface area contributed by atoms with Crippen molar-refractivity contribution < 1.29 is 9.53 Å². The second-order valence-electron chi connectivity index (χ2n) is 6.27. The molecule has 0 aliphatic carbocycles. The van der Waals surface area contributed by atoms with E-state index >= 15 is 0 Å². The zero-order valence-electron chi connectivity index (χ0n) is 15.0. The van der Waals surface area contributed by atoms with Crippen molar-refractivity contribution in [3.05, 3.63) is 47.8 Å². The average Bonchev–Trinajstić information content (AvgIpc) is 3.10. The molecule has 1 N–H and O–H groups in total. The third-order valence-corrected chi connectivity index (χ3v) is 7.01. The number of aromatic nitrogens is 2. The number of rotatable bonds is 8. The van der Waals surface area contributed by atoms with Crippen molar-refractivity contribution in [2.75, 3.05) is 24.7 Å². The van der Waals surface area contributed by atoms with Crippen molar-refractivity contribution in [2.24, 2.45) is 0 Å². The molecule has 2 heterocycles. The molecule has 0 saturated carbocycles. The quantitative estimate of drug-likeness (QED) is 0.696. The highest BCUT2D eigenvalue weighted by Crippen LogP contribution is 2.43. The lowest BCUT2D eigenvalue weighted by Gasteiger charge is -2.21. The van der Waals surface area contributed by atoms with E-state index in [0.29, 0.717) is 11.1 Å². The topological polar surface area (TPSA) is 56.2 Å². The number of thioether (sulfide) groups is 2. The molecule has 1 aromatic carbocycles. The number of carbonyl (C=O) groups is 1. The molecule has 1 saturated heterocycles. The summed E-state index contributed by atoms with van der Waals surface area (Å²) in [7, 11) is 0. The van der Waals surface area contributed by atoms with Gasteiger partial charge in [0.25, 0.3) is 5.91 Å². The Morgan fingerprint density at radius 2 is 2.08 bits per heavy atom. The van der Waals surface area contributed by atoms with E-state index in [1.54, 1.807) is 0 Å². The third kappa shape index (κ3) is 5.99. The van der Waals surface area contributed by atoms with Gasteiger partial charge in [0.1, 0.15) is 5.75 Å². The molecule has 1 aliphatic rings. The molecule has 0 bridgehead atoms. The van der Waals surface area contributed by atoms with Gasteiger partial charge in [-0.1, -0.05) is 12.1 Å². The van der Waals surface area contributed by atoms with E-state index in [0.717, 1.165) is 24.3 Å². The van der Waals surface area contributed by atoms with Crippen LogP contribution in [0.1, 0.15) is 28.6 Å². The molecule has 1 aliphatic heterocycles. The summed E-state index contributed by atoms with van der Waals surface area (Å²) in [6.45, 7) is 3.49. The van der Waals surface area contributed by atoms with Crippen molar-refractivity contribution in [2.45, 2.75) is 30.9 Å². The standard InChI is InChI=1S/C19H25N3O2S2/c1-15-12-21-22(13-15)9-2-8-20-18(23)14-24-17-6-4-16(5-7-17)19-25-10-3-11-26-19/h4-7,12-13,19H,2-3,8-11,14H2,1H3,(H,20,23). The Morgan fingerprint density at radius 1 is 1.31 bits per heavy atom. The van der Waals surface area contributed by atoms with Crippen LogP contribution in [0.5, 0.6) is 5.75 Å². The third-order valence-electron chi connectivity index (χ3n) is 4.00. The van der Waals surface area contributed by atoms with Crippen molar-refractivity contribution in [3.63, 3.8) is 0 Å². The monoisotopic (exact) mass is 391 g/mol. The Kier molecular flexibility index (Phi) is 7.32. The minimum absolute atomic E-state index is 0.0488. The van der Waals surface area contributed by atoms with Crippen molar-refractivity contribution in [3.8, 4) is 5.75 Å². The van der Waals surface area contributed by atoms with Crippen LogP contribution in [0.2, 0.25) is 0 Å². The number of ether oxygens (including phenoxy) is 1. The molecule has 1 aromatic heterocycles. The molecule has 5 nitrogen and oxygen atoms in total. The normalized spacial score (nSPS) is 15.0. The van der Waals surface area contributed by atoms with E-state index in [2.05, 4.69) is 22.5 Å². The first-order chi connectivity index (χ1) is 12.7. The predicted octanol–water partition coefficient (Wildman–Crippen LogP) is 3.65. The second-order valence-corrected chi connectivity index (χ2v) is 8.99. The number of hydrogen-bond donors (Lipinski definition) is 1. The van der Waals surface area contributed by atoms with Crippen LogP contribution >= 0.6 is 23.5 Å². The Bertz CT molecular complexity index is 697. The van der Waals surface area contributed by atoms with Gasteiger partial charge in [0.2, 0.25) is 0 Å². The maximum absolute atomic E-state index is 11.9. The van der Waals surface area contributed by atoms with E-state index in [1.165, 1.54) is 23.5 Å². The molecule has 0 unspecified atom stereocenters. The van der Waals surface area contributed by atoms with Crippen molar-refractivity contribution >= 4 is 29.4 Å². The largest absolute Gasteiger partial charge is 0.484 e. The second kappa shape index (κ2) is 9.92. The first-order valence-electron chi connectivity index (χ1n) is 8.92. The van der Waals surface area contributed by atoms with Crippen LogP contribution in [0.4, 0.5) is 0 Å². The highest BCUT2D eigenvalue weighted by atomic mass is 32.2. The van der Waals surface area contributed by atoms with Crippen LogP contribution in [0.3, 0.4) is 0 Å². The fourth-order valence-corrected chi connectivity index (χ4v) is 5.55. The number of amides is 1. The number of benzene rings is 1. The summed E-state index contributed by atoms with van der Waals surface area (Å²) in [4.78, 5) is 11.9. The smallest absolute Gasteiger partial charge is 0.257 e. The van der Waals surface area contributed by atoms with Crippen molar-refractivity contribution in [1.82, 2.24) is 15.1 Å². The van der Waals surface area contributed by atoms with Gasteiger partial charge in [-0.2, -0.15) is 5.10 Å². The lowest BCUT2D eigenvalue weighted by atomic mass is 10.2. The molecule has 0 radical (unpaired) electrons. The average molecular weight is 392 g/mol. The van der Waals surface area contributed by atoms with E-state index in [1.807, 2.05) is 59.7 Å². The van der Waals surface area contributed by atoms with Crippen LogP contribution in [-0.2, 0) is 11.3 Å². The summed E-state index contributed by atoms with van der Waals surface area (Å²) in [5.74, 6) is 3.11. The minimum Gasteiger partial charge on any atom is -0.484 e. The van der Waals surface area contributed by atoms with Crippen molar-refractivity contribution in [1.29, 1.82) is 0 Å². The zero-order valence-corrected chi connectivity index (χ0v) is 16.7. The minimum atomic E-state index is -0.0934. The van der Waals surface area contributed by atoms with E-state index in [-0.39, 0.29) is 12.5 Å². The molecule has 1 fully saturated rings. The number of carbonyl (C=O) groups excluding carboxylic acids is 1. The summed E-state index contributed by atoms with van der Waals surface area (Å²) in [6.07, 6.45) is 5.98. The number of hydrogen-bond acceptors (Lipinski definition) is 5. The molecular weight excluding hydrogens is 366 g/mol. The maximum atomic E-state index is 11.9. The first kappa shape index (κ1) is 19.2. The highest BCUT2D eigenvalue weighted by molar-refractivity contribution is 8.16. The number of nitrogens with zero attached hydrogens (tertiary/aromatic N) is 2. The van der Waals surface area contributed by atoms with Gasteiger partial charge in [0.05, 0.1) is 10.8 Å². The number of nitrogens with one attached hydrogen (secondary N) is 1.